The number of hydrogen-bond acceptors (Lipinski definition) is 3. The number of aromatic nitrogens is 1. The van der Waals surface area contributed by atoms with Crippen molar-refractivity contribution in [2.24, 2.45) is 4.99 Å². The zero-order chi connectivity index (χ0) is 21.5. The molecule has 0 saturated heterocycles. The van der Waals surface area contributed by atoms with Gasteiger partial charge < -0.3 is 4.74 Å². The number of aliphatic imine (C=N–C) groups is 1. The molecule has 1 aromatic heterocycles. The lowest BCUT2D eigenvalue weighted by Crippen LogP contribution is -2.04. The lowest BCUT2D eigenvalue weighted by Gasteiger charge is -2.12. The molecule has 2 aromatic carbocycles. The van der Waals surface area contributed by atoms with Gasteiger partial charge >= 0.3 is 6.18 Å². The van der Waals surface area contributed by atoms with E-state index < -0.39 is 11.7 Å². The Morgan fingerprint density at radius 3 is 2.20 bits per heavy atom. The van der Waals surface area contributed by atoms with Crippen LogP contribution in [-0.4, -0.2) is 17.5 Å². The Labute approximate surface area is 181 Å². The molecule has 3 aromatic rings. The number of rotatable bonds is 3. The summed E-state index contributed by atoms with van der Waals surface area (Å²) in [6.45, 7) is 2.27. The van der Waals surface area contributed by atoms with Gasteiger partial charge in [0.2, 0.25) is 5.90 Å². The molecule has 3 nitrogen and oxygen atoms in total. The highest BCUT2D eigenvalue weighted by Crippen LogP contribution is 2.34. The Kier molecular flexibility index (Phi) is 5.47. The molecule has 1 atom stereocenters. The van der Waals surface area contributed by atoms with Gasteiger partial charge in [0.25, 0.3) is 0 Å². The van der Waals surface area contributed by atoms with E-state index in [9.17, 15) is 13.2 Å². The first-order valence-corrected chi connectivity index (χ1v) is 9.78. The summed E-state index contributed by atoms with van der Waals surface area (Å²) in [5, 5.41) is 0.715. The highest BCUT2D eigenvalue weighted by Gasteiger charge is 2.30. The molecule has 8 heteroatoms. The standard InChI is InChI=1S/C22H15Cl2F3N2O/c1-12-8-14(13-2-5-15(6-3-13)22(25,26)27)4-7-16(12)19-11-30-21(29-19)20-17(23)9-28-10-18(20)24/h2-10,19H,11H2,1H3. The van der Waals surface area contributed by atoms with Gasteiger partial charge in [0.1, 0.15) is 12.6 Å². The Hall–Kier alpha value is -2.57. The number of aryl methyl sites for hydroxylation is 1. The fourth-order valence-electron chi connectivity index (χ4n) is 3.37. The third-order valence-corrected chi connectivity index (χ3v) is 5.47. The van der Waals surface area contributed by atoms with Crippen LogP contribution in [0, 0.1) is 6.92 Å². The van der Waals surface area contributed by atoms with Crippen LogP contribution >= 0.6 is 23.2 Å². The highest BCUT2D eigenvalue weighted by molar-refractivity contribution is 6.39. The molecule has 0 radical (unpaired) electrons. The van der Waals surface area contributed by atoms with Crippen molar-refractivity contribution in [1.29, 1.82) is 0 Å². The molecule has 30 heavy (non-hydrogen) atoms. The van der Waals surface area contributed by atoms with E-state index >= 15 is 0 Å². The Balaban J connectivity index is 1.61. The molecule has 1 aliphatic rings. The number of hydrogen-bond donors (Lipinski definition) is 0. The first-order valence-electron chi connectivity index (χ1n) is 9.02. The van der Waals surface area contributed by atoms with Gasteiger partial charge in [-0.3, -0.25) is 4.98 Å². The van der Waals surface area contributed by atoms with Crippen LogP contribution in [0.4, 0.5) is 13.2 Å². The lowest BCUT2D eigenvalue weighted by atomic mass is 9.96. The summed E-state index contributed by atoms with van der Waals surface area (Å²) in [7, 11) is 0. The van der Waals surface area contributed by atoms with Crippen molar-refractivity contribution in [2.45, 2.75) is 19.1 Å². The minimum atomic E-state index is -4.35. The van der Waals surface area contributed by atoms with Crippen LogP contribution in [0.2, 0.25) is 10.0 Å². The van der Waals surface area contributed by atoms with Gasteiger partial charge in [0, 0.05) is 12.4 Å². The van der Waals surface area contributed by atoms with Gasteiger partial charge in [0.05, 0.1) is 21.2 Å². The third-order valence-electron chi connectivity index (χ3n) is 4.89. The number of pyridine rings is 1. The second kappa shape index (κ2) is 7.93. The molecule has 0 saturated carbocycles. The van der Waals surface area contributed by atoms with E-state index in [0.717, 1.165) is 28.8 Å². The third kappa shape index (κ3) is 4.02. The van der Waals surface area contributed by atoms with E-state index in [1.807, 2.05) is 25.1 Å². The van der Waals surface area contributed by atoms with Crippen molar-refractivity contribution in [3.8, 4) is 11.1 Å². The smallest absolute Gasteiger partial charge is 0.416 e. The van der Waals surface area contributed by atoms with Crippen LogP contribution in [0.3, 0.4) is 0 Å². The molecule has 0 fully saturated rings. The topological polar surface area (TPSA) is 34.5 Å². The first kappa shape index (κ1) is 20.7. The molecule has 2 heterocycles. The van der Waals surface area contributed by atoms with Gasteiger partial charge in [-0.1, -0.05) is 53.5 Å². The number of nitrogens with zero attached hydrogens (tertiary/aromatic N) is 2. The molecule has 1 unspecified atom stereocenters. The van der Waals surface area contributed by atoms with E-state index in [-0.39, 0.29) is 6.04 Å². The maximum atomic E-state index is 12.8. The summed E-state index contributed by atoms with van der Waals surface area (Å²) in [5.74, 6) is 0.364. The Bertz CT molecular complexity index is 1110. The summed E-state index contributed by atoms with van der Waals surface area (Å²) < 4.78 is 44.0. The summed E-state index contributed by atoms with van der Waals surface area (Å²) in [6.07, 6.45) is -1.39. The quantitative estimate of drug-likeness (QED) is 0.434. The van der Waals surface area contributed by atoms with E-state index in [1.54, 1.807) is 0 Å². The zero-order valence-electron chi connectivity index (χ0n) is 15.7. The summed E-state index contributed by atoms with van der Waals surface area (Å²) >= 11 is 12.4. The minimum absolute atomic E-state index is 0.234. The van der Waals surface area contributed by atoms with Crippen LogP contribution in [0.15, 0.2) is 59.9 Å². The predicted octanol–water partition coefficient (Wildman–Crippen LogP) is 6.90. The Morgan fingerprint density at radius 2 is 1.60 bits per heavy atom. The van der Waals surface area contributed by atoms with E-state index in [2.05, 4.69) is 9.98 Å². The normalized spacial score (nSPS) is 16.3. The maximum Gasteiger partial charge on any atom is 0.416 e. The summed E-state index contributed by atoms with van der Waals surface area (Å²) in [4.78, 5) is 8.55. The van der Waals surface area contributed by atoms with Crippen molar-refractivity contribution in [2.75, 3.05) is 6.61 Å². The number of benzene rings is 2. The van der Waals surface area contributed by atoms with E-state index in [0.29, 0.717) is 33.7 Å². The van der Waals surface area contributed by atoms with Crippen LogP contribution in [-0.2, 0) is 10.9 Å². The summed E-state index contributed by atoms with van der Waals surface area (Å²) in [5.41, 5.74) is 3.29. The molecule has 4 rings (SSSR count). The molecule has 0 spiro atoms. The molecular weight excluding hydrogens is 436 g/mol. The maximum absolute atomic E-state index is 12.8. The van der Waals surface area contributed by atoms with Crippen molar-refractivity contribution >= 4 is 29.1 Å². The molecular formula is C22H15Cl2F3N2O. The van der Waals surface area contributed by atoms with Crippen molar-refractivity contribution < 1.29 is 17.9 Å². The minimum Gasteiger partial charge on any atom is -0.475 e. The van der Waals surface area contributed by atoms with Gasteiger partial charge in [-0.15, -0.1) is 0 Å². The Morgan fingerprint density at radius 1 is 0.967 bits per heavy atom. The van der Waals surface area contributed by atoms with Crippen LogP contribution < -0.4 is 0 Å². The molecule has 0 bridgehead atoms. The molecule has 0 amide bonds. The number of halogens is 5. The lowest BCUT2D eigenvalue weighted by molar-refractivity contribution is -0.137. The van der Waals surface area contributed by atoms with Gasteiger partial charge in [-0.2, -0.15) is 13.2 Å². The van der Waals surface area contributed by atoms with Crippen molar-refractivity contribution in [1.82, 2.24) is 4.98 Å². The van der Waals surface area contributed by atoms with Crippen LogP contribution in [0.25, 0.3) is 11.1 Å². The molecule has 0 N–H and O–H groups in total. The fourth-order valence-corrected chi connectivity index (χ4v) is 3.89. The molecule has 1 aliphatic heterocycles. The first-order chi connectivity index (χ1) is 14.2. The summed E-state index contributed by atoms with van der Waals surface area (Å²) in [6, 6.07) is 10.6. The van der Waals surface area contributed by atoms with Gasteiger partial charge in [-0.25, -0.2) is 4.99 Å². The van der Waals surface area contributed by atoms with Crippen LogP contribution in [0.5, 0.6) is 0 Å². The average molecular weight is 451 g/mol. The van der Waals surface area contributed by atoms with Crippen LogP contribution in [0.1, 0.15) is 28.3 Å². The number of alkyl halides is 3. The fraction of sp³-hybridized carbons (Fsp3) is 0.182. The van der Waals surface area contributed by atoms with E-state index in [1.165, 1.54) is 24.5 Å². The average Bonchev–Trinajstić information content (AvgIpc) is 3.16. The monoisotopic (exact) mass is 450 g/mol. The van der Waals surface area contributed by atoms with Gasteiger partial charge in [-0.05, 0) is 41.3 Å². The van der Waals surface area contributed by atoms with E-state index in [4.69, 9.17) is 27.9 Å². The molecule has 154 valence electrons. The molecule has 0 aliphatic carbocycles. The zero-order valence-corrected chi connectivity index (χ0v) is 17.2. The second-order valence-corrected chi connectivity index (χ2v) is 7.70. The predicted molar refractivity (Wildman–Crippen MR) is 111 cm³/mol. The largest absolute Gasteiger partial charge is 0.475 e. The number of ether oxygens (including phenoxy) is 1. The van der Waals surface area contributed by atoms with Crippen molar-refractivity contribution in [3.05, 3.63) is 87.2 Å². The van der Waals surface area contributed by atoms with Gasteiger partial charge in [0.15, 0.2) is 0 Å². The van der Waals surface area contributed by atoms with Crippen molar-refractivity contribution in [3.63, 3.8) is 0 Å². The SMILES string of the molecule is Cc1cc(-c2ccc(C(F)(F)F)cc2)ccc1C1COC(c2c(Cl)cncc2Cl)=N1. The highest BCUT2D eigenvalue weighted by atomic mass is 35.5. The second-order valence-electron chi connectivity index (χ2n) is 6.89.